The largest absolute Gasteiger partial charge is 0.409 e. The lowest BCUT2D eigenvalue weighted by atomic mass is 9.93. The van der Waals surface area contributed by atoms with Gasteiger partial charge in [0.25, 0.3) is 0 Å². The maximum Gasteiger partial charge on any atom is 0.409 e. The number of hydrogen-bond donors (Lipinski definition) is 1. The van der Waals surface area contributed by atoms with Crippen molar-refractivity contribution in [3.8, 4) is 0 Å². The van der Waals surface area contributed by atoms with E-state index in [2.05, 4.69) is 5.43 Å². The first kappa shape index (κ1) is 17.0. The summed E-state index contributed by atoms with van der Waals surface area (Å²) in [6.07, 6.45) is -4.57. The van der Waals surface area contributed by atoms with Crippen molar-refractivity contribution in [1.82, 2.24) is 10.4 Å². The van der Waals surface area contributed by atoms with E-state index in [1.54, 1.807) is 44.2 Å². The minimum absolute atomic E-state index is 0.0311. The van der Waals surface area contributed by atoms with Gasteiger partial charge in [-0.25, -0.2) is 5.01 Å². The molecule has 1 aliphatic rings. The molecule has 24 heavy (non-hydrogen) atoms. The van der Waals surface area contributed by atoms with Crippen LogP contribution in [-0.4, -0.2) is 23.6 Å². The Labute approximate surface area is 142 Å². The van der Waals surface area contributed by atoms with Crippen molar-refractivity contribution in [2.75, 3.05) is 6.54 Å². The van der Waals surface area contributed by atoms with Crippen molar-refractivity contribution in [2.45, 2.75) is 26.1 Å². The first-order valence-corrected chi connectivity index (χ1v) is 7.80. The summed E-state index contributed by atoms with van der Waals surface area (Å²) in [6.45, 7) is 3.19. The van der Waals surface area contributed by atoms with E-state index >= 15 is 0 Å². The molecular formula is C17H16ClF3N2O. The molecule has 1 aliphatic heterocycles. The fourth-order valence-corrected chi connectivity index (χ4v) is 3.26. The van der Waals surface area contributed by atoms with Crippen LogP contribution in [0.2, 0.25) is 5.02 Å². The van der Waals surface area contributed by atoms with Gasteiger partial charge in [-0.3, -0.25) is 10.2 Å². The minimum atomic E-state index is -4.57. The van der Waals surface area contributed by atoms with Crippen molar-refractivity contribution in [1.29, 1.82) is 0 Å². The molecule has 1 atom stereocenters. The van der Waals surface area contributed by atoms with Crippen molar-refractivity contribution in [3.05, 3.63) is 47.0 Å². The predicted octanol–water partition coefficient (Wildman–Crippen LogP) is 4.47. The highest BCUT2D eigenvalue weighted by molar-refractivity contribution is 6.31. The van der Waals surface area contributed by atoms with E-state index in [0.29, 0.717) is 10.8 Å². The van der Waals surface area contributed by atoms with Crippen LogP contribution in [0.15, 0.2) is 36.4 Å². The van der Waals surface area contributed by atoms with Crippen molar-refractivity contribution >= 4 is 28.3 Å². The summed E-state index contributed by atoms with van der Waals surface area (Å²) < 4.78 is 41.6. The zero-order chi connectivity index (χ0) is 17.7. The molecule has 2 aromatic carbocycles. The van der Waals surface area contributed by atoms with E-state index in [1.807, 2.05) is 0 Å². The van der Waals surface area contributed by atoms with Gasteiger partial charge in [0.2, 0.25) is 5.91 Å². The third-order valence-electron chi connectivity index (χ3n) is 4.20. The topological polar surface area (TPSA) is 32.3 Å². The molecule has 0 bridgehead atoms. The third kappa shape index (κ3) is 2.96. The maximum atomic E-state index is 13.9. The van der Waals surface area contributed by atoms with E-state index in [0.717, 1.165) is 5.01 Å². The van der Waals surface area contributed by atoms with Gasteiger partial charge in [-0.2, -0.15) is 13.2 Å². The summed E-state index contributed by atoms with van der Waals surface area (Å²) in [4.78, 5) is 12.0. The molecule has 1 N–H and O–H groups in total. The lowest BCUT2D eigenvalue weighted by Gasteiger charge is -2.30. The second-order valence-electron chi connectivity index (χ2n) is 6.61. The first-order chi connectivity index (χ1) is 11.1. The smallest absolute Gasteiger partial charge is 0.287 e. The second kappa shape index (κ2) is 5.63. The number of carbonyl (C=O) groups excluding carboxylic acids is 1. The number of fused-ring (bicyclic) bond motifs is 1. The van der Waals surface area contributed by atoms with E-state index in [4.69, 9.17) is 11.6 Å². The molecule has 0 aliphatic carbocycles. The Balaban J connectivity index is 2.17. The number of nitrogens with zero attached hydrogens (tertiary/aromatic N) is 1. The minimum Gasteiger partial charge on any atom is -0.287 e. The zero-order valence-electron chi connectivity index (χ0n) is 13.1. The first-order valence-electron chi connectivity index (χ1n) is 7.42. The molecule has 1 saturated heterocycles. The molecule has 0 unspecified atom stereocenters. The number of alkyl halides is 3. The summed E-state index contributed by atoms with van der Waals surface area (Å²) in [5, 5.41) is 2.27. The number of nitrogens with one attached hydrogen (secondary N) is 1. The highest BCUT2D eigenvalue weighted by atomic mass is 35.5. The van der Waals surface area contributed by atoms with Gasteiger partial charge in [0.1, 0.15) is 0 Å². The van der Waals surface area contributed by atoms with Gasteiger partial charge in [-0.15, -0.1) is 0 Å². The Hall–Kier alpha value is -1.79. The van der Waals surface area contributed by atoms with Crippen LogP contribution in [0.4, 0.5) is 13.2 Å². The number of amides is 1. The van der Waals surface area contributed by atoms with Crippen LogP contribution in [0.25, 0.3) is 10.8 Å². The highest BCUT2D eigenvalue weighted by Gasteiger charge is 2.51. The molecular weight excluding hydrogens is 341 g/mol. The summed E-state index contributed by atoms with van der Waals surface area (Å²) in [5.41, 5.74) is 1.50. The van der Waals surface area contributed by atoms with Crippen molar-refractivity contribution < 1.29 is 18.0 Å². The second-order valence-corrected chi connectivity index (χ2v) is 7.05. The molecule has 2 aromatic rings. The standard InChI is InChI=1S/C17H16ClF3N2O/c1-16(2)9-23(22-15(16)24)14(17(19,20)21)13-8-11(18)7-10-5-3-4-6-12(10)13/h3-8,14H,9H2,1-2H3,(H,22,24)/t14-/m0/s1. The molecule has 1 heterocycles. The normalized spacial score (nSPS) is 19.5. The van der Waals surface area contributed by atoms with E-state index in [-0.39, 0.29) is 17.1 Å². The maximum absolute atomic E-state index is 13.9. The van der Waals surface area contributed by atoms with Crippen LogP contribution < -0.4 is 5.43 Å². The lowest BCUT2D eigenvalue weighted by Crippen LogP contribution is -2.43. The Morgan fingerprint density at radius 1 is 1.25 bits per heavy atom. The molecule has 0 radical (unpaired) electrons. The number of hydrazine groups is 1. The average Bonchev–Trinajstić information content (AvgIpc) is 2.70. The van der Waals surface area contributed by atoms with E-state index < -0.39 is 23.5 Å². The quantitative estimate of drug-likeness (QED) is 0.861. The Bertz CT molecular complexity index is 804. The van der Waals surface area contributed by atoms with Crippen LogP contribution in [0, 0.1) is 5.41 Å². The molecule has 1 amide bonds. The number of hydrogen-bond acceptors (Lipinski definition) is 2. The fraction of sp³-hybridized carbons (Fsp3) is 0.353. The van der Waals surface area contributed by atoms with Crippen LogP contribution >= 0.6 is 11.6 Å². The number of halogens is 4. The Morgan fingerprint density at radius 2 is 1.92 bits per heavy atom. The molecule has 3 rings (SSSR count). The van der Waals surface area contributed by atoms with Gasteiger partial charge < -0.3 is 0 Å². The van der Waals surface area contributed by atoms with Crippen LogP contribution in [-0.2, 0) is 4.79 Å². The van der Waals surface area contributed by atoms with Crippen molar-refractivity contribution in [3.63, 3.8) is 0 Å². The van der Waals surface area contributed by atoms with Crippen LogP contribution in [0.3, 0.4) is 0 Å². The number of benzene rings is 2. The summed E-state index contributed by atoms with van der Waals surface area (Å²) in [7, 11) is 0. The van der Waals surface area contributed by atoms with Crippen molar-refractivity contribution in [2.24, 2.45) is 5.41 Å². The lowest BCUT2D eigenvalue weighted by molar-refractivity contribution is -0.191. The number of rotatable bonds is 2. The van der Waals surface area contributed by atoms with Gasteiger partial charge in [-0.1, -0.05) is 35.9 Å². The Morgan fingerprint density at radius 3 is 2.50 bits per heavy atom. The Kier molecular flexibility index (Phi) is 4.00. The summed E-state index contributed by atoms with van der Waals surface area (Å²) in [6, 6.07) is 7.74. The summed E-state index contributed by atoms with van der Waals surface area (Å²) in [5.74, 6) is -0.428. The third-order valence-corrected chi connectivity index (χ3v) is 4.42. The van der Waals surface area contributed by atoms with E-state index in [9.17, 15) is 18.0 Å². The molecule has 0 aromatic heterocycles. The average molecular weight is 357 g/mol. The summed E-state index contributed by atoms with van der Waals surface area (Å²) >= 11 is 6.04. The van der Waals surface area contributed by atoms with E-state index in [1.165, 1.54) is 6.07 Å². The molecule has 7 heteroatoms. The zero-order valence-corrected chi connectivity index (χ0v) is 13.9. The number of carbonyl (C=O) groups is 1. The van der Waals surface area contributed by atoms with Gasteiger partial charge in [-0.05, 0) is 42.3 Å². The van der Waals surface area contributed by atoms with Gasteiger partial charge in [0.05, 0.1) is 5.41 Å². The molecule has 1 fully saturated rings. The van der Waals surface area contributed by atoms with Gasteiger partial charge in [0.15, 0.2) is 6.04 Å². The highest BCUT2D eigenvalue weighted by Crippen LogP contribution is 2.43. The van der Waals surface area contributed by atoms with Gasteiger partial charge in [0, 0.05) is 11.6 Å². The van der Waals surface area contributed by atoms with Gasteiger partial charge >= 0.3 is 6.18 Å². The van der Waals surface area contributed by atoms with Crippen LogP contribution in [0.1, 0.15) is 25.5 Å². The molecule has 3 nitrogen and oxygen atoms in total. The molecule has 0 saturated carbocycles. The monoisotopic (exact) mass is 356 g/mol. The SMILES string of the molecule is CC1(C)CN([C@@H](c2cc(Cl)cc3ccccc23)C(F)(F)F)NC1=O. The molecule has 0 spiro atoms. The fourth-order valence-electron chi connectivity index (χ4n) is 3.02. The predicted molar refractivity (Wildman–Crippen MR) is 86.4 cm³/mol. The van der Waals surface area contributed by atoms with Crippen LogP contribution in [0.5, 0.6) is 0 Å². The molecule has 128 valence electrons.